The summed E-state index contributed by atoms with van der Waals surface area (Å²) in [5.41, 5.74) is 5.76. The average Bonchev–Trinajstić information content (AvgIpc) is 3.07. The van der Waals surface area contributed by atoms with Crippen molar-refractivity contribution in [2.75, 3.05) is 29.6 Å². The van der Waals surface area contributed by atoms with E-state index in [2.05, 4.69) is 21.5 Å². The molecule has 4 nitrogen and oxygen atoms in total. The van der Waals surface area contributed by atoms with Gasteiger partial charge in [0.1, 0.15) is 17.5 Å². The van der Waals surface area contributed by atoms with E-state index in [-0.39, 0.29) is 0 Å². The molecule has 1 saturated carbocycles. The van der Waals surface area contributed by atoms with E-state index in [0.29, 0.717) is 11.7 Å². The standard InChI is InChI=1S/C11H18N4S/c1-16-6-2-5-13-10-7-9(12)14-11(15-10)8-3-4-8/h7-8H,2-6H2,1H3,(H3,12,13,14,15). The van der Waals surface area contributed by atoms with Crippen molar-refractivity contribution in [3.05, 3.63) is 11.9 Å². The van der Waals surface area contributed by atoms with Crippen LogP contribution in [-0.2, 0) is 0 Å². The van der Waals surface area contributed by atoms with Gasteiger partial charge in [-0.15, -0.1) is 0 Å². The molecule has 0 aliphatic heterocycles. The Morgan fingerprint density at radius 2 is 2.31 bits per heavy atom. The van der Waals surface area contributed by atoms with Crippen LogP contribution in [0.15, 0.2) is 6.07 Å². The molecule has 0 amide bonds. The highest BCUT2D eigenvalue weighted by Gasteiger charge is 2.27. The van der Waals surface area contributed by atoms with Gasteiger partial charge < -0.3 is 11.1 Å². The van der Waals surface area contributed by atoms with Crippen molar-refractivity contribution in [3.8, 4) is 0 Å². The second-order valence-corrected chi connectivity index (χ2v) is 5.07. The summed E-state index contributed by atoms with van der Waals surface area (Å²) >= 11 is 1.86. The first-order chi connectivity index (χ1) is 7.79. The summed E-state index contributed by atoms with van der Waals surface area (Å²) in [7, 11) is 0. The maximum absolute atomic E-state index is 5.76. The van der Waals surface area contributed by atoms with E-state index in [0.717, 1.165) is 24.6 Å². The quantitative estimate of drug-likeness (QED) is 0.743. The minimum atomic E-state index is 0.551. The minimum Gasteiger partial charge on any atom is -0.384 e. The topological polar surface area (TPSA) is 63.8 Å². The Balaban J connectivity index is 1.92. The molecule has 16 heavy (non-hydrogen) atoms. The Morgan fingerprint density at radius 1 is 1.50 bits per heavy atom. The first kappa shape index (κ1) is 11.5. The van der Waals surface area contributed by atoms with Gasteiger partial charge in [-0.05, 0) is 31.3 Å². The summed E-state index contributed by atoms with van der Waals surface area (Å²) in [5, 5.41) is 3.30. The fourth-order valence-corrected chi connectivity index (χ4v) is 1.97. The normalized spacial score (nSPS) is 15.1. The number of hydrogen-bond donors (Lipinski definition) is 2. The Kier molecular flexibility index (Phi) is 3.88. The molecule has 1 aliphatic rings. The van der Waals surface area contributed by atoms with Crippen molar-refractivity contribution in [1.82, 2.24) is 9.97 Å². The highest BCUT2D eigenvalue weighted by Crippen LogP contribution is 2.38. The summed E-state index contributed by atoms with van der Waals surface area (Å²) in [6, 6.07) is 1.81. The first-order valence-electron chi connectivity index (χ1n) is 5.67. The van der Waals surface area contributed by atoms with Gasteiger partial charge in [0.15, 0.2) is 0 Å². The van der Waals surface area contributed by atoms with E-state index in [1.807, 2.05) is 17.8 Å². The summed E-state index contributed by atoms with van der Waals surface area (Å²) in [6.45, 7) is 0.946. The van der Waals surface area contributed by atoms with Gasteiger partial charge >= 0.3 is 0 Å². The van der Waals surface area contributed by atoms with Gasteiger partial charge in [0.05, 0.1) is 0 Å². The average molecular weight is 238 g/mol. The molecule has 0 atom stereocenters. The molecule has 0 unspecified atom stereocenters. The van der Waals surface area contributed by atoms with Crippen LogP contribution in [0.5, 0.6) is 0 Å². The van der Waals surface area contributed by atoms with Crippen molar-refractivity contribution < 1.29 is 0 Å². The molecule has 1 aromatic heterocycles. The monoisotopic (exact) mass is 238 g/mol. The van der Waals surface area contributed by atoms with Gasteiger partial charge in [0, 0.05) is 18.5 Å². The first-order valence-corrected chi connectivity index (χ1v) is 7.06. The van der Waals surface area contributed by atoms with E-state index in [9.17, 15) is 0 Å². The molecular formula is C11H18N4S. The molecule has 2 rings (SSSR count). The number of thioether (sulfide) groups is 1. The molecule has 5 heteroatoms. The Bertz CT molecular complexity index is 352. The summed E-state index contributed by atoms with van der Waals surface area (Å²) in [5.74, 6) is 4.07. The fourth-order valence-electron chi connectivity index (χ4n) is 1.53. The largest absolute Gasteiger partial charge is 0.384 e. The molecule has 0 aromatic carbocycles. The van der Waals surface area contributed by atoms with Crippen LogP contribution in [0.25, 0.3) is 0 Å². The number of nitrogen functional groups attached to an aromatic ring is 1. The van der Waals surface area contributed by atoms with Gasteiger partial charge in [-0.25, -0.2) is 9.97 Å². The zero-order valence-corrected chi connectivity index (χ0v) is 10.4. The molecule has 0 radical (unpaired) electrons. The Labute approximate surface area is 100 Å². The SMILES string of the molecule is CSCCCNc1cc(N)nc(C2CC2)n1. The van der Waals surface area contributed by atoms with Gasteiger partial charge in [0.25, 0.3) is 0 Å². The smallest absolute Gasteiger partial charge is 0.136 e. The van der Waals surface area contributed by atoms with Crippen LogP contribution in [0.3, 0.4) is 0 Å². The number of nitrogens with zero attached hydrogens (tertiary/aromatic N) is 2. The van der Waals surface area contributed by atoms with Crippen molar-refractivity contribution in [2.24, 2.45) is 0 Å². The maximum Gasteiger partial charge on any atom is 0.136 e. The number of rotatable bonds is 6. The van der Waals surface area contributed by atoms with E-state index >= 15 is 0 Å². The molecule has 1 aliphatic carbocycles. The molecule has 1 fully saturated rings. The lowest BCUT2D eigenvalue weighted by Crippen LogP contribution is -2.07. The third kappa shape index (κ3) is 3.27. The molecule has 1 aromatic rings. The van der Waals surface area contributed by atoms with Gasteiger partial charge in [0.2, 0.25) is 0 Å². The van der Waals surface area contributed by atoms with Crippen LogP contribution in [0.4, 0.5) is 11.6 Å². The second-order valence-electron chi connectivity index (χ2n) is 4.08. The Morgan fingerprint density at radius 3 is 3.00 bits per heavy atom. The third-order valence-corrected chi connectivity index (χ3v) is 3.23. The molecule has 88 valence electrons. The van der Waals surface area contributed by atoms with E-state index in [1.54, 1.807) is 0 Å². The lowest BCUT2D eigenvalue weighted by atomic mass is 10.3. The number of aromatic nitrogens is 2. The van der Waals surface area contributed by atoms with Gasteiger partial charge in [-0.2, -0.15) is 11.8 Å². The number of anilines is 2. The van der Waals surface area contributed by atoms with Crippen molar-refractivity contribution in [2.45, 2.75) is 25.2 Å². The van der Waals surface area contributed by atoms with Crippen LogP contribution in [-0.4, -0.2) is 28.5 Å². The molecule has 0 saturated heterocycles. The lowest BCUT2D eigenvalue weighted by molar-refractivity contribution is 0.915. The maximum atomic E-state index is 5.76. The van der Waals surface area contributed by atoms with Gasteiger partial charge in [-0.1, -0.05) is 0 Å². The highest BCUT2D eigenvalue weighted by atomic mass is 32.2. The van der Waals surface area contributed by atoms with Crippen molar-refractivity contribution >= 4 is 23.4 Å². The molecular weight excluding hydrogens is 220 g/mol. The van der Waals surface area contributed by atoms with Crippen LogP contribution in [0.2, 0.25) is 0 Å². The second kappa shape index (κ2) is 5.39. The van der Waals surface area contributed by atoms with Crippen LogP contribution in [0.1, 0.15) is 31.0 Å². The Hall–Kier alpha value is -0.970. The number of nitrogens with two attached hydrogens (primary N) is 1. The molecule has 3 N–H and O–H groups in total. The van der Waals surface area contributed by atoms with Crippen molar-refractivity contribution in [1.29, 1.82) is 0 Å². The third-order valence-electron chi connectivity index (χ3n) is 2.54. The highest BCUT2D eigenvalue weighted by molar-refractivity contribution is 7.98. The summed E-state index contributed by atoms with van der Waals surface area (Å²) in [4.78, 5) is 8.75. The van der Waals surface area contributed by atoms with Crippen LogP contribution >= 0.6 is 11.8 Å². The van der Waals surface area contributed by atoms with Crippen LogP contribution in [0, 0.1) is 0 Å². The predicted molar refractivity (Wildman–Crippen MR) is 69.9 cm³/mol. The van der Waals surface area contributed by atoms with Gasteiger partial charge in [-0.3, -0.25) is 0 Å². The minimum absolute atomic E-state index is 0.551. The zero-order valence-electron chi connectivity index (χ0n) is 9.57. The van der Waals surface area contributed by atoms with E-state index < -0.39 is 0 Å². The van der Waals surface area contributed by atoms with Crippen LogP contribution < -0.4 is 11.1 Å². The zero-order chi connectivity index (χ0) is 11.4. The van der Waals surface area contributed by atoms with Crippen molar-refractivity contribution in [3.63, 3.8) is 0 Å². The number of nitrogens with one attached hydrogen (secondary N) is 1. The fraction of sp³-hybridized carbons (Fsp3) is 0.636. The van der Waals surface area contributed by atoms with E-state index in [4.69, 9.17) is 5.73 Å². The predicted octanol–water partition coefficient (Wildman–Crippen LogP) is 2.10. The van der Waals surface area contributed by atoms with E-state index in [1.165, 1.54) is 18.6 Å². The summed E-state index contributed by atoms with van der Waals surface area (Å²) < 4.78 is 0. The lowest BCUT2D eigenvalue weighted by Gasteiger charge is -2.07. The molecule has 1 heterocycles. The summed E-state index contributed by atoms with van der Waals surface area (Å²) in [6.07, 6.45) is 5.67. The molecule has 0 spiro atoms. The molecule has 0 bridgehead atoms. The number of hydrogen-bond acceptors (Lipinski definition) is 5.